The van der Waals surface area contributed by atoms with E-state index in [9.17, 15) is 8.42 Å². The Balaban J connectivity index is 3.09. The van der Waals surface area contributed by atoms with Crippen LogP contribution in [0.25, 0.3) is 0 Å². The molecule has 0 unspecified atom stereocenters. The molecule has 1 aromatic rings. The van der Waals surface area contributed by atoms with Crippen LogP contribution in [-0.2, 0) is 14.8 Å². The number of nitrogens with zero attached hydrogens (tertiary/aromatic N) is 2. The Kier molecular flexibility index (Phi) is 3.13. The van der Waals surface area contributed by atoms with Crippen molar-refractivity contribution < 1.29 is 8.42 Å². The maximum Gasteiger partial charge on any atom is 0.256 e. The molecule has 1 heterocycles. The summed E-state index contributed by atoms with van der Waals surface area (Å²) in [5, 5.41) is 0.0819. The Labute approximate surface area is 85.1 Å². The van der Waals surface area contributed by atoms with Crippen LogP contribution in [0, 0.1) is 6.92 Å². The lowest BCUT2D eigenvalue weighted by Gasteiger charge is -1.99. The number of aryl methyl sites for hydroxylation is 2. The summed E-state index contributed by atoms with van der Waals surface area (Å²) in [5.74, 6) is 0.722. The minimum Gasteiger partial charge on any atom is -0.334 e. The molecule has 0 aromatic carbocycles. The average Bonchev–Trinajstić information content (AvgIpc) is 2.32. The lowest BCUT2D eigenvalue weighted by atomic mass is 10.5. The second kappa shape index (κ2) is 3.79. The molecule has 74 valence electrons. The lowest BCUT2D eigenvalue weighted by Crippen LogP contribution is -1.96. The van der Waals surface area contributed by atoms with Gasteiger partial charge in [0, 0.05) is 12.7 Å². The van der Waals surface area contributed by atoms with Crippen molar-refractivity contribution in [2.75, 3.05) is 0 Å². The van der Waals surface area contributed by atoms with Crippen LogP contribution >= 0.6 is 14.8 Å². The van der Waals surface area contributed by atoms with E-state index >= 15 is 0 Å². The van der Waals surface area contributed by atoms with E-state index in [4.69, 9.17) is 0 Å². The Morgan fingerprint density at radius 1 is 1.62 bits per heavy atom. The summed E-state index contributed by atoms with van der Waals surface area (Å²) in [7, 11) is -3.34. The van der Waals surface area contributed by atoms with Crippen LogP contribution in [0.3, 0.4) is 0 Å². The Morgan fingerprint density at radius 3 is 2.62 bits per heavy atom. The monoisotopic (exact) mass is 266 g/mol. The van der Waals surface area contributed by atoms with E-state index < -0.39 is 8.27 Å². The van der Waals surface area contributed by atoms with Crippen molar-refractivity contribution in [1.82, 2.24) is 9.55 Å². The molecule has 13 heavy (non-hydrogen) atoms. The van der Waals surface area contributed by atoms with Crippen LogP contribution in [0.2, 0.25) is 0 Å². The molecule has 0 N–H and O–H groups in total. The van der Waals surface area contributed by atoms with Crippen molar-refractivity contribution in [3.8, 4) is 0 Å². The molecule has 4 nitrogen and oxygen atoms in total. The first kappa shape index (κ1) is 10.7. The van der Waals surface area contributed by atoms with E-state index in [1.165, 1.54) is 0 Å². The van der Waals surface area contributed by atoms with Gasteiger partial charge in [0.15, 0.2) is 5.03 Å². The third kappa shape index (κ3) is 2.54. The maximum absolute atomic E-state index is 11.0. The topological polar surface area (TPSA) is 52.0 Å². The Morgan fingerprint density at radius 2 is 2.23 bits per heavy atom. The van der Waals surface area contributed by atoms with Gasteiger partial charge in [0.25, 0.3) is 8.27 Å². The third-order valence-electron chi connectivity index (χ3n) is 1.67. The minimum absolute atomic E-state index is 0.0819. The molecule has 1 rings (SSSR count). The van der Waals surface area contributed by atoms with Crippen molar-refractivity contribution in [3.05, 3.63) is 12.0 Å². The van der Waals surface area contributed by atoms with Gasteiger partial charge in [-0.25, -0.2) is 13.4 Å². The van der Waals surface area contributed by atoms with Crippen LogP contribution in [0.5, 0.6) is 0 Å². The SMILES string of the molecule is CCCn1cc(S(=O)(=O)Br)nc1C. The summed E-state index contributed by atoms with van der Waals surface area (Å²) >= 11 is 2.58. The standard InChI is InChI=1S/C7H11BrN2O2S/c1-3-4-10-5-7(9-6(10)2)13(8,11)12/h5H,3-4H2,1-2H3. The summed E-state index contributed by atoms with van der Waals surface area (Å²) < 4.78 is 23.9. The van der Waals surface area contributed by atoms with Crippen molar-refractivity contribution >= 4 is 23.1 Å². The highest BCUT2D eigenvalue weighted by Crippen LogP contribution is 2.15. The molecular weight excluding hydrogens is 256 g/mol. The molecule has 0 aliphatic rings. The highest BCUT2D eigenvalue weighted by atomic mass is 79.9. The molecule has 0 aliphatic heterocycles. The fourth-order valence-corrected chi connectivity index (χ4v) is 2.03. The van der Waals surface area contributed by atoms with Crippen molar-refractivity contribution in [2.45, 2.75) is 31.8 Å². The van der Waals surface area contributed by atoms with E-state index in [-0.39, 0.29) is 5.03 Å². The fraction of sp³-hybridized carbons (Fsp3) is 0.571. The normalized spacial score (nSPS) is 11.9. The summed E-state index contributed by atoms with van der Waals surface area (Å²) in [4.78, 5) is 3.93. The van der Waals surface area contributed by atoms with Crippen LogP contribution in [0.1, 0.15) is 19.2 Å². The molecule has 1 aromatic heterocycles. The van der Waals surface area contributed by atoms with Gasteiger partial charge in [-0.05, 0) is 13.3 Å². The van der Waals surface area contributed by atoms with Crippen molar-refractivity contribution in [2.24, 2.45) is 0 Å². The molecule has 0 bridgehead atoms. The molecule has 0 saturated heterocycles. The van der Waals surface area contributed by atoms with Crippen LogP contribution in [-0.4, -0.2) is 18.0 Å². The predicted molar refractivity (Wildman–Crippen MR) is 53.4 cm³/mol. The molecule has 0 spiro atoms. The first-order chi connectivity index (χ1) is 5.95. The van der Waals surface area contributed by atoms with Gasteiger partial charge in [-0.2, -0.15) is 0 Å². The first-order valence-electron chi connectivity index (χ1n) is 3.93. The van der Waals surface area contributed by atoms with E-state index in [0.717, 1.165) is 18.8 Å². The highest BCUT2D eigenvalue weighted by Gasteiger charge is 2.14. The van der Waals surface area contributed by atoms with Crippen LogP contribution in [0.4, 0.5) is 0 Å². The van der Waals surface area contributed by atoms with Gasteiger partial charge in [-0.15, -0.1) is 0 Å². The molecule has 0 fully saturated rings. The quantitative estimate of drug-likeness (QED) is 0.783. The Hall–Kier alpha value is -0.360. The smallest absolute Gasteiger partial charge is 0.256 e. The second-order valence-electron chi connectivity index (χ2n) is 2.76. The van der Waals surface area contributed by atoms with Crippen molar-refractivity contribution in [1.29, 1.82) is 0 Å². The zero-order valence-electron chi connectivity index (χ0n) is 7.49. The number of hydrogen-bond donors (Lipinski definition) is 0. The Bertz CT molecular complexity index is 397. The highest BCUT2D eigenvalue weighted by molar-refractivity contribution is 9.47. The van der Waals surface area contributed by atoms with Gasteiger partial charge in [0.05, 0.1) is 14.8 Å². The molecular formula is C7H11BrN2O2S. The second-order valence-corrected chi connectivity index (χ2v) is 6.61. The van der Waals surface area contributed by atoms with Crippen LogP contribution < -0.4 is 0 Å². The number of rotatable bonds is 3. The molecule has 0 saturated carbocycles. The number of imidazole rings is 1. The maximum atomic E-state index is 11.0. The largest absolute Gasteiger partial charge is 0.334 e. The number of halogens is 1. The average molecular weight is 267 g/mol. The van der Waals surface area contributed by atoms with E-state index in [0.29, 0.717) is 0 Å². The first-order valence-corrected chi connectivity index (χ1v) is 7.26. The molecule has 0 aliphatic carbocycles. The number of aromatic nitrogens is 2. The third-order valence-corrected chi connectivity index (χ3v) is 3.36. The lowest BCUT2D eigenvalue weighted by molar-refractivity contribution is 0.608. The zero-order chi connectivity index (χ0) is 10.1. The van der Waals surface area contributed by atoms with E-state index in [2.05, 4.69) is 19.8 Å². The van der Waals surface area contributed by atoms with Gasteiger partial charge in [-0.1, -0.05) is 6.92 Å². The minimum atomic E-state index is -3.34. The van der Waals surface area contributed by atoms with Gasteiger partial charge < -0.3 is 4.57 Å². The summed E-state index contributed by atoms with van der Waals surface area (Å²) in [6.07, 6.45) is 2.50. The van der Waals surface area contributed by atoms with Gasteiger partial charge >= 0.3 is 0 Å². The van der Waals surface area contributed by atoms with Crippen LogP contribution in [0.15, 0.2) is 11.2 Å². The van der Waals surface area contributed by atoms with Gasteiger partial charge in [-0.3, -0.25) is 0 Å². The predicted octanol–water partition coefficient (Wildman–Crippen LogP) is 1.69. The zero-order valence-corrected chi connectivity index (χ0v) is 9.89. The molecule has 0 atom stereocenters. The van der Waals surface area contributed by atoms with E-state index in [1.54, 1.807) is 13.1 Å². The van der Waals surface area contributed by atoms with Crippen molar-refractivity contribution in [3.63, 3.8) is 0 Å². The number of hydrogen-bond acceptors (Lipinski definition) is 3. The molecule has 6 heteroatoms. The summed E-state index contributed by atoms with van der Waals surface area (Å²) in [6.45, 7) is 4.61. The molecule has 0 radical (unpaired) electrons. The van der Waals surface area contributed by atoms with Gasteiger partial charge in [0.1, 0.15) is 5.82 Å². The molecule has 0 amide bonds. The van der Waals surface area contributed by atoms with Gasteiger partial charge in [0.2, 0.25) is 0 Å². The fourth-order valence-electron chi connectivity index (χ4n) is 1.06. The summed E-state index contributed by atoms with van der Waals surface area (Å²) in [6, 6.07) is 0. The van der Waals surface area contributed by atoms with E-state index in [1.807, 2.05) is 11.5 Å². The summed E-state index contributed by atoms with van der Waals surface area (Å²) in [5.41, 5.74) is 0.